The number of carbonyl (C=O) groups is 1. The smallest absolute Gasteiger partial charge is 0.347 e. The Hall–Kier alpha value is -3.11. The fourth-order valence-corrected chi connectivity index (χ4v) is 2.51. The van der Waals surface area contributed by atoms with Crippen molar-refractivity contribution < 1.29 is 19.4 Å². The number of hydrogen-bond acceptors (Lipinski definition) is 4. The van der Waals surface area contributed by atoms with Crippen molar-refractivity contribution in [3.63, 3.8) is 0 Å². The van der Waals surface area contributed by atoms with Gasteiger partial charge < -0.3 is 14.6 Å². The molecular weight excluding hydrogens is 316 g/mol. The summed E-state index contributed by atoms with van der Waals surface area (Å²) in [6, 6.07) is 22.2. The topological polar surface area (TPSA) is 55.8 Å². The van der Waals surface area contributed by atoms with E-state index in [0.29, 0.717) is 22.6 Å². The van der Waals surface area contributed by atoms with Crippen LogP contribution in [0.5, 0.6) is 11.5 Å². The standard InChI is InChI=1S/C21H18O4/c1-24-20-13-15(14-22)7-12-19(20)21(23)25-18-10-8-17(9-11-18)16-5-3-2-4-6-16/h2-13,22H,14H2,1H3. The van der Waals surface area contributed by atoms with Gasteiger partial charge in [0.1, 0.15) is 17.1 Å². The number of aliphatic hydroxyl groups is 1. The second-order valence-electron chi connectivity index (χ2n) is 5.47. The molecule has 0 unspecified atom stereocenters. The summed E-state index contributed by atoms with van der Waals surface area (Å²) in [5, 5.41) is 9.17. The van der Waals surface area contributed by atoms with Gasteiger partial charge in [-0.15, -0.1) is 0 Å². The molecule has 4 nitrogen and oxygen atoms in total. The monoisotopic (exact) mass is 334 g/mol. The van der Waals surface area contributed by atoms with Gasteiger partial charge in [0.05, 0.1) is 13.7 Å². The molecule has 0 fully saturated rings. The summed E-state index contributed by atoms with van der Waals surface area (Å²) < 4.78 is 10.6. The van der Waals surface area contributed by atoms with E-state index in [0.717, 1.165) is 11.1 Å². The lowest BCUT2D eigenvalue weighted by molar-refractivity contribution is 0.0731. The van der Waals surface area contributed by atoms with Gasteiger partial charge in [0, 0.05) is 0 Å². The molecule has 0 spiro atoms. The number of hydrogen-bond donors (Lipinski definition) is 1. The van der Waals surface area contributed by atoms with Crippen molar-refractivity contribution in [2.24, 2.45) is 0 Å². The highest BCUT2D eigenvalue weighted by atomic mass is 16.5. The third-order valence-electron chi connectivity index (χ3n) is 3.84. The number of aliphatic hydroxyl groups excluding tert-OH is 1. The second-order valence-corrected chi connectivity index (χ2v) is 5.47. The minimum Gasteiger partial charge on any atom is -0.496 e. The van der Waals surface area contributed by atoms with Crippen LogP contribution >= 0.6 is 0 Å². The fourth-order valence-electron chi connectivity index (χ4n) is 2.51. The molecule has 0 aromatic heterocycles. The average molecular weight is 334 g/mol. The third-order valence-corrected chi connectivity index (χ3v) is 3.84. The van der Waals surface area contributed by atoms with E-state index < -0.39 is 5.97 Å². The molecule has 25 heavy (non-hydrogen) atoms. The van der Waals surface area contributed by atoms with Crippen LogP contribution in [-0.4, -0.2) is 18.2 Å². The molecule has 0 aliphatic rings. The molecule has 1 N–H and O–H groups in total. The highest BCUT2D eigenvalue weighted by Crippen LogP contribution is 2.25. The molecule has 0 radical (unpaired) electrons. The lowest BCUT2D eigenvalue weighted by Gasteiger charge is -2.10. The van der Waals surface area contributed by atoms with Crippen molar-refractivity contribution in [3.05, 3.63) is 83.9 Å². The molecule has 0 heterocycles. The highest BCUT2D eigenvalue weighted by molar-refractivity contribution is 5.94. The Labute approximate surface area is 146 Å². The molecule has 126 valence electrons. The molecule has 0 saturated heterocycles. The summed E-state index contributed by atoms with van der Waals surface area (Å²) in [4.78, 5) is 12.4. The average Bonchev–Trinajstić information content (AvgIpc) is 2.68. The van der Waals surface area contributed by atoms with Gasteiger partial charge in [0.25, 0.3) is 0 Å². The maximum Gasteiger partial charge on any atom is 0.347 e. The zero-order valence-corrected chi connectivity index (χ0v) is 13.8. The largest absolute Gasteiger partial charge is 0.496 e. The van der Waals surface area contributed by atoms with Crippen molar-refractivity contribution in [1.29, 1.82) is 0 Å². The van der Waals surface area contributed by atoms with Gasteiger partial charge in [-0.2, -0.15) is 0 Å². The molecule has 0 saturated carbocycles. The van der Waals surface area contributed by atoms with Crippen molar-refractivity contribution >= 4 is 5.97 Å². The normalized spacial score (nSPS) is 10.3. The number of methoxy groups -OCH3 is 1. The highest BCUT2D eigenvalue weighted by Gasteiger charge is 2.15. The van der Waals surface area contributed by atoms with Crippen LogP contribution in [0.2, 0.25) is 0 Å². The molecule has 0 aliphatic heterocycles. The summed E-state index contributed by atoms with van der Waals surface area (Å²) in [6.07, 6.45) is 0. The Morgan fingerprint density at radius 2 is 1.60 bits per heavy atom. The molecule has 3 aromatic rings. The zero-order valence-electron chi connectivity index (χ0n) is 13.8. The van der Waals surface area contributed by atoms with Crippen LogP contribution in [0.15, 0.2) is 72.8 Å². The first kappa shape index (κ1) is 16.7. The van der Waals surface area contributed by atoms with Gasteiger partial charge in [-0.3, -0.25) is 0 Å². The summed E-state index contributed by atoms with van der Waals surface area (Å²) in [5.74, 6) is 0.323. The van der Waals surface area contributed by atoms with Crippen LogP contribution in [-0.2, 0) is 6.61 Å². The zero-order chi connectivity index (χ0) is 17.6. The van der Waals surface area contributed by atoms with Crippen molar-refractivity contribution in [2.75, 3.05) is 7.11 Å². The molecular formula is C21H18O4. The molecule has 3 rings (SSSR count). The van der Waals surface area contributed by atoms with Gasteiger partial charge >= 0.3 is 5.97 Å². The van der Waals surface area contributed by atoms with Gasteiger partial charge in [-0.1, -0.05) is 48.5 Å². The van der Waals surface area contributed by atoms with Gasteiger partial charge in [-0.05, 0) is 41.0 Å². The van der Waals surface area contributed by atoms with E-state index >= 15 is 0 Å². The quantitative estimate of drug-likeness (QED) is 0.564. The summed E-state index contributed by atoms with van der Waals surface area (Å²) >= 11 is 0. The van der Waals surface area contributed by atoms with Gasteiger partial charge in [0.2, 0.25) is 0 Å². The van der Waals surface area contributed by atoms with E-state index in [1.54, 1.807) is 30.3 Å². The van der Waals surface area contributed by atoms with E-state index in [4.69, 9.17) is 9.47 Å². The Morgan fingerprint density at radius 1 is 0.920 bits per heavy atom. The number of ether oxygens (including phenoxy) is 2. The van der Waals surface area contributed by atoms with Crippen LogP contribution in [0, 0.1) is 0 Å². The van der Waals surface area contributed by atoms with Crippen LogP contribution in [0.1, 0.15) is 15.9 Å². The first-order chi connectivity index (χ1) is 12.2. The number of rotatable bonds is 5. The Bertz CT molecular complexity index is 855. The van der Waals surface area contributed by atoms with Crippen LogP contribution < -0.4 is 9.47 Å². The van der Waals surface area contributed by atoms with Crippen molar-refractivity contribution in [2.45, 2.75) is 6.61 Å². The first-order valence-corrected chi connectivity index (χ1v) is 7.86. The SMILES string of the molecule is COc1cc(CO)ccc1C(=O)Oc1ccc(-c2ccccc2)cc1. The molecule has 4 heteroatoms. The van der Waals surface area contributed by atoms with Crippen LogP contribution in [0.4, 0.5) is 0 Å². The number of carbonyl (C=O) groups excluding carboxylic acids is 1. The minimum atomic E-state index is -0.506. The molecule has 3 aromatic carbocycles. The minimum absolute atomic E-state index is 0.118. The number of esters is 1. The Morgan fingerprint density at radius 3 is 2.24 bits per heavy atom. The van der Waals surface area contributed by atoms with E-state index in [1.807, 2.05) is 42.5 Å². The molecule has 0 atom stereocenters. The summed E-state index contributed by atoms with van der Waals surface area (Å²) in [6.45, 7) is -0.118. The maximum absolute atomic E-state index is 12.4. The summed E-state index contributed by atoms with van der Waals surface area (Å²) in [5.41, 5.74) is 3.12. The van der Waals surface area contributed by atoms with E-state index in [2.05, 4.69) is 0 Å². The fraction of sp³-hybridized carbons (Fsp3) is 0.0952. The van der Waals surface area contributed by atoms with Crippen LogP contribution in [0.25, 0.3) is 11.1 Å². The number of benzene rings is 3. The van der Waals surface area contributed by atoms with E-state index in [9.17, 15) is 9.90 Å². The Balaban J connectivity index is 1.77. The van der Waals surface area contributed by atoms with Crippen molar-refractivity contribution in [1.82, 2.24) is 0 Å². The van der Waals surface area contributed by atoms with Crippen molar-refractivity contribution in [3.8, 4) is 22.6 Å². The maximum atomic E-state index is 12.4. The predicted molar refractivity (Wildman–Crippen MR) is 95.8 cm³/mol. The van der Waals surface area contributed by atoms with E-state index in [1.165, 1.54) is 7.11 Å². The Kier molecular flexibility index (Phi) is 5.11. The van der Waals surface area contributed by atoms with E-state index in [-0.39, 0.29) is 6.61 Å². The second kappa shape index (κ2) is 7.64. The van der Waals surface area contributed by atoms with Gasteiger partial charge in [0.15, 0.2) is 0 Å². The predicted octanol–water partition coefficient (Wildman–Crippen LogP) is 4.07. The third kappa shape index (κ3) is 3.87. The first-order valence-electron chi connectivity index (χ1n) is 7.86. The molecule has 0 bridgehead atoms. The lowest BCUT2D eigenvalue weighted by atomic mass is 10.1. The molecule has 0 amide bonds. The van der Waals surface area contributed by atoms with Gasteiger partial charge in [-0.25, -0.2) is 4.79 Å². The summed E-state index contributed by atoms with van der Waals surface area (Å²) in [7, 11) is 1.47. The molecule has 0 aliphatic carbocycles. The lowest BCUT2D eigenvalue weighted by Crippen LogP contribution is -2.10. The van der Waals surface area contributed by atoms with Crippen LogP contribution in [0.3, 0.4) is 0 Å².